The van der Waals surface area contributed by atoms with Crippen LogP contribution < -0.4 is 0 Å². The number of hydrogen-bond acceptors (Lipinski definition) is 15. The highest BCUT2D eigenvalue weighted by Crippen LogP contribution is 2.67. The zero-order chi connectivity index (χ0) is 49.5. The van der Waals surface area contributed by atoms with Gasteiger partial charge in [-0.05, 0) is 111 Å². The second-order valence-corrected chi connectivity index (χ2v) is 20.1. The Morgan fingerprint density at radius 3 is 2.07 bits per heavy atom. The molecule has 4 N–H and O–H groups in total. The summed E-state index contributed by atoms with van der Waals surface area (Å²) >= 11 is 0. The molecule has 380 valence electrons. The number of carbonyl (C=O) groups excluding carboxylic acids is 3. The van der Waals surface area contributed by atoms with Crippen molar-refractivity contribution in [3.8, 4) is 0 Å². The van der Waals surface area contributed by atoms with Crippen LogP contribution in [0.4, 0.5) is 4.79 Å². The lowest BCUT2D eigenvalue weighted by Gasteiger charge is -2.58. The fraction of sp³-hybridized carbons (Fsp3) is 0.796. The summed E-state index contributed by atoms with van der Waals surface area (Å²) in [6.07, 6.45) is 15.2. The molecule has 4 aliphatic carbocycles. The molecule has 67 heavy (non-hydrogen) atoms. The number of aliphatic hydroxyl groups is 1. The molecule has 4 aliphatic rings. The molecule has 3 fully saturated rings. The van der Waals surface area contributed by atoms with Crippen molar-refractivity contribution >= 4 is 36.0 Å². The van der Waals surface area contributed by atoms with Crippen LogP contribution in [0, 0.1) is 52.3 Å². The molecule has 6 unspecified atom stereocenters. The van der Waals surface area contributed by atoms with E-state index in [1.54, 1.807) is 0 Å². The number of aliphatic carboxylic acids is 3. The Labute approximate surface area is 396 Å². The predicted octanol–water partition coefficient (Wildman–Crippen LogP) is 5.52. The first-order valence-electron chi connectivity index (χ1n) is 24.3. The number of fused-ring (bicyclic) bond motifs is 5. The Morgan fingerprint density at radius 1 is 0.761 bits per heavy atom. The van der Waals surface area contributed by atoms with Gasteiger partial charge in [-0.2, -0.15) is 0 Å². The fourth-order valence-electron chi connectivity index (χ4n) is 11.8. The van der Waals surface area contributed by atoms with Crippen LogP contribution in [0.2, 0.25) is 0 Å². The largest absolute Gasteiger partial charge is 0.508 e. The van der Waals surface area contributed by atoms with E-state index in [0.29, 0.717) is 41.4 Å². The van der Waals surface area contributed by atoms with Gasteiger partial charge in [-0.1, -0.05) is 65.3 Å². The molecule has 18 heteroatoms. The Hall–Kier alpha value is -4.10. The van der Waals surface area contributed by atoms with Crippen molar-refractivity contribution in [3.63, 3.8) is 0 Å². The molecule has 0 aliphatic heterocycles. The van der Waals surface area contributed by atoms with Crippen LogP contribution in [0.25, 0.3) is 0 Å². The number of esters is 2. The Balaban J connectivity index is 1.15. The second kappa shape index (κ2) is 26.0. The summed E-state index contributed by atoms with van der Waals surface area (Å²) in [6.45, 7) is 12.1. The molecule has 0 aromatic rings. The van der Waals surface area contributed by atoms with Crippen molar-refractivity contribution in [1.29, 1.82) is 0 Å². The smallest absolute Gasteiger partial charge is 0.480 e. The van der Waals surface area contributed by atoms with Gasteiger partial charge < -0.3 is 44.1 Å². The van der Waals surface area contributed by atoms with Crippen molar-refractivity contribution in [2.75, 3.05) is 79.0 Å². The van der Waals surface area contributed by atoms with E-state index < -0.39 is 81.8 Å². The van der Waals surface area contributed by atoms with E-state index >= 15 is 0 Å². The lowest BCUT2D eigenvalue weighted by molar-refractivity contribution is -0.168. The van der Waals surface area contributed by atoms with E-state index in [-0.39, 0.29) is 50.9 Å². The number of allylic oxidation sites excluding steroid dienone is 3. The Morgan fingerprint density at radius 2 is 1.43 bits per heavy atom. The SMILES string of the molecule is CCC(/C=C/[C@@H](C)C1CCC2C3CC=C4C[C@@H](OC(=O)OCCOCOC(=O)COC(=O)CN(CCN(CC(=O)O)CC(=O)O)CCN(CC(=O)O)C(C)O)CC[C@]4(C)C3CC[C@@]21C)C(C)C. The topological polar surface area (TPSA) is 239 Å². The summed E-state index contributed by atoms with van der Waals surface area (Å²) in [5.41, 5.74) is 1.89. The molecule has 0 aromatic heterocycles. The average Bonchev–Trinajstić information content (AvgIpc) is 3.61. The van der Waals surface area contributed by atoms with Crippen molar-refractivity contribution in [3.05, 3.63) is 23.8 Å². The Bertz CT molecular complexity index is 1720. The van der Waals surface area contributed by atoms with Gasteiger partial charge in [0.05, 0.1) is 32.8 Å². The van der Waals surface area contributed by atoms with E-state index in [1.807, 2.05) is 0 Å². The van der Waals surface area contributed by atoms with Gasteiger partial charge in [-0.15, -0.1) is 0 Å². The lowest BCUT2D eigenvalue weighted by Crippen LogP contribution is -2.51. The third-order valence-electron chi connectivity index (χ3n) is 15.5. The van der Waals surface area contributed by atoms with Crippen molar-refractivity contribution < 1.29 is 72.9 Å². The first-order valence-corrected chi connectivity index (χ1v) is 24.3. The van der Waals surface area contributed by atoms with Gasteiger partial charge in [0.25, 0.3) is 0 Å². The summed E-state index contributed by atoms with van der Waals surface area (Å²) in [6, 6.07) is 0. The third-order valence-corrected chi connectivity index (χ3v) is 15.5. The number of aliphatic hydroxyl groups excluding tert-OH is 1. The maximum atomic E-state index is 12.7. The summed E-state index contributed by atoms with van der Waals surface area (Å²) in [5.74, 6) is -0.838. The summed E-state index contributed by atoms with van der Waals surface area (Å²) < 4.78 is 26.3. The van der Waals surface area contributed by atoms with Crippen LogP contribution in [-0.2, 0) is 47.7 Å². The van der Waals surface area contributed by atoms with E-state index in [2.05, 4.69) is 59.8 Å². The number of hydrogen-bond donors (Lipinski definition) is 4. The highest BCUT2D eigenvalue weighted by Gasteiger charge is 2.59. The number of carboxylic acids is 3. The third kappa shape index (κ3) is 16.3. The van der Waals surface area contributed by atoms with E-state index in [9.17, 15) is 39.0 Å². The standard InChI is InChI=1S/C49H79N3O15/c1-8-35(32(2)3)10-9-33(4)39-13-14-40-38-12-11-36-25-37(15-17-48(36,6)41(38)16-18-49(39,40)7)67-47(62)64-24-23-63-31-66-46(61)30-65-45(60)29-50(21-22-52(34(5)53)28-44(58)59)19-20-51(26-42(54)55)27-43(56)57/h9-11,32-35,37-41,53H,8,12-31H2,1-7H3,(H,54,55)(H,56,57)(H,58,59)/b10-9+/t33-,34?,35?,37+,38?,39?,40?,41?,48+,49-/m1/s1. The first-order chi connectivity index (χ1) is 31.7. The zero-order valence-electron chi connectivity index (χ0n) is 40.9. The van der Waals surface area contributed by atoms with E-state index in [4.69, 9.17) is 33.9 Å². The number of carbonyl (C=O) groups is 6. The van der Waals surface area contributed by atoms with Crippen LogP contribution in [-0.4, -0.2) is 162 Å². The fourth-order valence-corrected chi connectivity index (χ4v) is 11.8. The molecule has 0 heterocycles. The molecule has 10 atom stereocenters. The molecule has 3 saturated carbocycles. The van der Waals surface area contributed by atoms with Gasteiger partial charge in [0, 0.05) is 32.6 Å². The molecule has 4 rings (SSSR count). The molecule has 0 bridgehead atoms. The molecule has 0 saturated heterocycles. The minimum atomic E-state index is -1.26. The minimum absolute atomic E-state index is 0.00516. The average molecular weight is 950 g/mol. The van der Waals surface area contributed by atoms with Gasteiger partial charge in [-0.25, -0.2) is 9.59 Å². The van der Waals surface area contributed by atoms with Gasteiger partial charge in [0.1, 0.15) is 18.9 Å². The lowest BCUT2D eigenvalue weighted by atomic mass is 9.47. The minimum Gasteiger partial charge on any atom is -0.480 e. The first kappa shape index (κ1) is 55.5. The number of nitrogens with zero attached hydrogens (tertiary/aromatic N) is 3. The van der Waals surface area contributed by atoms with Crippen molar-refractivity contribution in [2.24, 2.45) is 52.3 Å². The molecule has 0 spiro atoms. The molecular weight excluding hydrogens is 871 g/mol. The summed E-state index contributed by atoms with van der Waals surface area (Å²) in [7, 11) is 0. The van der Waals surface area contributed by atoms with Gasteiger partial charge in [-0.3, -0.25) is 33.9 Å². The summed E-state index contributed by atoms with van der Waals surface area (Å²) in [4.78, 5) is 75.1. The van der Waals surface area contributed by atoms with Gasteiger partial charge in [0.2, 0.25) is 0 Å². The van der Waals surface area contributed by atoms with Gasteiger partial charge in [0.15, 0.2) is 13.4 Å². The quantitative estimate of drug-likeness (QED) is 0.0248. The monoisotopic (exact) mass is 950 g/mol. The van der Waals surface area contributed by atoms with Crippen LogP contribution in [0.1, 0.15) is 106 Å². The number of carboxylic acid groups (broad SMARTS) is 3. The summed E-state index contributed by atoms with van der Waals surface area (Å²) in [5, 5.41) is 37.5. The number of ether oxygens (including phenoxy) is 5. The van der Waals surface area contributed by atoms with E-state index in [1.165, 1.54) is 54.4 Å². The number of rotatable bonds is 28. The molecular formula is C49H79N3O15. The highest BCUT2D eigenvalue weighted by atomic mass is 16.7. The maximum Gasteiger partial charge on any atom is 0.508 e. The zero-order valence-corrected chi connectivity index (χ0v) is 40.9. The Kier molecular flexibility index (Phi) is 21.6. The van der Waals surface area contributed by atoms with Gasteiger partial charge >= 0.3 is 36.0 Å². The van der Waals surface area contributed by atoms with Crippen LogP contribution in [0.5, 0.6) is 0 Å². The van der Waals surface area contributed by atoms with Crippen LogP contribution in [0.15, 0.2) is 23.8 Å². The molecule has 18 nitrogen and oxygen atoms in total. The molecule has 0 amide bonds. The second-order valence-electron chi connectivity index (χ2n) is 20.1. The normalized spacial score (nSPS) is 27.2. The molecule has 0 radical (unpaired) electrons. The maximum absolute atomic E-state index is 12.7. The van der Waals surface area contributed by atoms with Crippen LogP contribution >= 0.6 is 0 Å². The van der Waals surface area contributed by atoms with Crippen LogP contribution in [0.3, 0.4) is 0 Å². The van der Waals surface area contributed by atoms with Crippen molar-refractivity contribution in [1.82, 2.24) is 14.7 Å². The molecule has 0 aromatic carbocycles. The van der Waals surface area contributed by atoms with Crippen molar-refractivity contribution in [2.45, 2.75) is 119 Å². The predicted molar refractivity (Wildman–Crippen MR) is 245 cm³/mol. The van der Waals surface area contributed by atoms with E-state index in [0.717, 1.165) is 36.0 Å². The highest BCUT2D eigenvalue weighted by molar-refractivity contribution is 5.77.